The van der Waals surface area contributed by atoms with E-state index in [1.165, 1.54) is 14.2 Å². The molecule has 0 spiro atoms. The third-order valence-corrected chi connectivity index (χ3v) is 3.34. The first-order valence-corrected chi connectivity index (χ1v) is 6.94. The molecule has 116 valence electrons. The van der Waals surface area contributed by atoms with E-state index in [2.05, 4.69) is 5.32 Å². The zero-order valence-electron chi connectivity index (χ0n) is 12.9. The number of hydrogen-bond donors (Lipinski definition) is 2. The number of rotatable bonds is 5. The van der Waals surface area contributed by atoms with Gasteiger partial charge in [-0.3, -0.25) is 4.79 Å². The molecule has 2 aromatic carbocycles. The van der Waals surface area contributed by atoms with Gasteiger partial charge in [-0.2, -0.15) is 0 Å². The second kappa shape index (κ2) is 6.95. The summed E-state index contributed by atoms with van der Waals surface area (Å²) in [5.41, 5.74) is 7.93. The number of carbonyl (C=O) groups excluding carboxylic acids is 1. The molecule has 0 fully saturated rings. The Balaban J connectivity index is 2.22. The van der Waals surface area contributed by atoms with Gasteiger partial charge in [0, 0.05) is 11.7 Å². The minimum absolute atomic E-state index is 0.0387. The van der Waals surface area contributed by atoms with E-state index in [4.69, 9.17) is 15.2 Å². The molecule has 2 rings (SSSR count). The van der Waals surface area contributed by atoms with Gasteiger partial charge in [0.25, 0.3) is 5.91 Å². The summed E-state index contributed by atoms with van der Waals surface area (Å²) in [5.74, 6) is 0.668. The van der Waals surface area contributed by atoms with E-state index in [9.17, 15) is 4.79 Å². The van der Waals surface area contributed by atoms with E-state index in [1.54, 1.807) is 18.2 Å². The van der Waals surface area contributed by atoms with Gasteiger partial charge in [0.2, 0.25) is 0 Å². The van der Waals surface area contributed by atoms with Crippen LogP contribution >= 0.6 is 0 Å². The summed E-state index contributed by atoms with van der Waals surface area (Å²) in [6.07, 6.45) is 0. The Hall–Kier alpha value is -2.53. The second-order valence-corrected chi connectivity index (χ2v) is 4.91. The van der Waals surface area contributed by atoms with E-state index in [1.807, 2.05) is 31.2 Å². The van der Waals surface area contributed by atoms with E-state index >= 15 is 0 Å². The molecule has 0 saturated carbocycles. The Morgan fingerprint density at radius 2 is 1.77 bits per heavy atom. The Morgan fingerprint density at radius 3 is 2.32 bits per heavy atom. The third kappa shape index (κ3) is 3.38. The molecule has 0 aliphatic carbocycles. The number of hydrogen-bond acceptors (Lipinski definition) is 4. The summed E-state index contributed by atoms with van der Waals surface area (Å²) in [6, 6.07) is 12.6. The highest BCUT2D eigenvalue weighted by Crippen LogP contribution is 2.31. The van der Waals surface area contributed by atoms with E-state index in [0.29, 0.717) is 22.7 Å². The van der Waals surface area contributed by atoms with Crippen molar-refractivity contribution in [2.24, 2.45) is 5.73 Å². The van der Waals surface area contributed by atoms with Gasteiger partial charge in [-0.15, -0.1) is 0 Å². The van der Waals surface area contributed by atoms with Crippen molar-refractivity contribution < 1.29 is 14.3 Å². The molecule has 0 bridgehead atoms. The summed E-state index contributed by atoms with van der Waals surface area (Å²) in [6.45, 7) is 1.91. The summed E-state index contributed by atoms with van der Waals surface area (Å²) in [7, 11) is 3.04. The SMILES string of the molecule is COc1cccc(C(=O)Nc2ccc(C(C)N)cc2)c1OC. The van der Waals surface area contributed by atoms with Crippen molar-refractivity contribution in [2.75, 3.05) is 19.5 Å². The van der Waals surface area contributed by atoms with Gasteiger partial charge in [-0.05, 0) is 36.8 Å². The van der Waals surface area contributed by atoms with E-state index < -0.39 is 0 Å². The van der Waals surface area contributed by atoms with Crippen molar-refractivity contribution in [1.29, 1.82) is 0 Å². The van der Waals surface area contributed by atoms with Crippen LogP contribution in [0.15, 0.2) is 42.5 Å². The first kappa shape index (κ1) is 15.9. The van der Waals surface area contributed by atoms with Gasteiger partial charge >= 0.3 is 0 Å². The normalized spacial score (nSPS) is 11.6. The van der Waals surface area contributed by atoms with Crippen molar-refractivity contribution in [3.8, 4) is 11.5 Å². The van der Waals surface area contributed by atoms with Gasteiger partial charge in [-0.25, -0.2) is 0 Å². The standard InChI is InChI=1S/C17H20N2O3/c1-11(18)12-7-9-13(10-8-12)19-17(20)14-5-4-6-15(21-2)16(14)22-3/h4-11H,18H2,1-3H3,(H,19,20). The monoisotopic (exact) mass is 300 g/mol. The number of nitrogens with two attached hydrogens (primary N) is 1. The van der Waals surface area contributed by atoms with Gasteiger partial charge in [-0.1, -0.05) is 18.2 Å². The fourth-order valence-electron chi connectivity index (χ4n) is 2.13. The molecule has 2 aromatic rings. The molecule has 1 atom stereocenters. The molecule has 0 heterocycles. The van der Waals surface area contributed by atoms with E-state index in [0.717, 1.165) is 5.56 Å². The molecule has 1 amide bonds. The Bertz CT molecular complexity index is 651. The third-order valence-electron chi connectivity index (χ3n) is 3.34. The highest BCUT2D eigenvalue weighted by molar-refractivity contribution is 6.06. The highest BCUT2D eigenvalue weighted by atomic mass is 16.5. The van der Waals surface area contributed by atoms with Gasteiger partial charge < -0.3 is 20.5 Å². The fourth-order valence-corrected chi connectivity index (χ4v) is 2.13. The maximum Gasteiger partial charge on any atom is 0.259 e. The summed E-state index contributed by atoms with van der Waals surface area (Å²) in [4.78, 5) is 12.4. The molecular weight excluding hydrogens is 280 g/mol. The first-order valence-electron chi connectivity index (χ1n) is 6.94. The zero-order valence-corrected chi connectivity index (χ0v) is 12.9. The van der Waals surface area contributed by atoms with Crippen LogP contribution in [0.3, 0.4) is 0 Å². The second-order valence-electron chi connectivity index (χ2n) is 4.91. The van der Waals surface area contributed by atoms with Crippen LogP contribution in [0.4, 0.5) is 5.69 Å². The Morgan fingerprint density at radius 1 is 1.09 bits per heavy atom. The van der Waals surface area contributed by atoms with Gasteiger partial charge in [0.1, 0.15) is 0 Å². The van der Waals surface area contributed by atoms with Crippen LogP contribution < -0.4 is 20.5 Å². The van der Waals surface area contributed by atoms with Crippen LogP contribution in [0, 0.1) is 0 Å². The molecule has 5 heteroatoms. The number of anilines is 1. The summed E-state index contributed by atoms with van der Waals surface area (Å²) in [5, 5.41) is 2.84. The number of para-hydroxylation sites is 1. The Labute approximate surface area is 130 Å². The number of benzene rings is 2. The number of carbonyl (C=O) groups is 1. The van der Waals surface area contributed by atoms with Crippen molar-refractivity contribution in [3.05, 3.63) is 53.6 Å². The lowest BCUT2D eigenvalue weighted by molar-refractivity contribution is 0.102. The number of amides is 1. The summed E-state index contributed by atoms with van der Waals surface area (Å²) >= 11 is 0. The average Bonchev–Trinajstić information content (AvgIpc) is 2.54. The number of ether oxygens (including phenoxy) is 2. The van der Waals surface area contributed by atoms with Crippen LogP contribution in [0.5, 0.6) is 11.5 Å². The fraction of sp³-hybridized carbons (Fsp3) is 0.235. The molecule has 0 radical (unpaired) electrons. The zero-order chi connectivity index (χ0) is 16.1. The maximum atomic E-state index is 12.4. The lowest BCUT2D eigenvalue weighted by atomic mass is 10.1. The van der Waals surface area contributed by atoms with Crippen LogP contribution in [0.1, 0.15) is 28.9 Å². The van der Waals surface area contributed by atoms with Crippen molar-refractivity contribution in [3.63, 3.8) is 0 Å². The Kier molecular flexibility index (Phi) is 5.01. The lowest BCUT2D eigenvalue weighted by Gasteiger charge is -2.13. The minimum atomic E-state index is -0.260. The first-order chi connectivity index (χ1) is 10.6. The number of methoxy groups -OCH3 is 2. The molecular formula is C17H20N2O3. The molecule has 0 saturated heterocycles. The molecule has 1 unspecified atom stereocenters. The average molecular weight is 300 g/mol. The predicted octanol–water partition coefficient (Wildman–Crippen LogP) is 2.98. The summed E-state index contributed by atoms with van der Waals surface area (Å²) < 4.78 is 10.5. The molecule has 5 nitrogen and oxygen atoms in total. The topological polar surface area (TPSA) is 73.6 Å². The predicted molar refractivity (Wildman–Crippen MR) is 86.5 cm³/mol. The van der Waals surface area contributed by atoms with Crippen LogP contribution in [-0.2, 0) is 0 Å². The van der Waals surface area contributed by atoms with Crippen LogP contribution in [0.25, 0.3) is 0 Å². The molecule has 0 aliphatic rings. The quantitative estimate of drug-likeness (QED) is 0.890. The van der Waals surface area contributed by atoms with Crippen molar-refractivity contribution in [1.82, 2.24) is 0 Å². The van der Waals surface area contributed by atoms with Crippen molar-refractivity contribution in [2.45, 2.75) is 13.0 Å². The van der Waals surface area contributed by atoms with Crippen molar-refractivity contribution >= 4 is 11.6 Å². The molecule has 0 aromatic heterocycles. The smallest absolute Gasteiger partial charge is 0.259 e. The highest BCUT2D eigenvalue weighted by Gasteiger charge is 2.16. The minimum Gasteiger partial charge on any atom is -0.493 e. The van der Waals surface area contributed by atoms with Crippen LogP contribution in [0.2, 0.25) is 0 Å². The maximum absolute atomic E-state index is 12.4. The van der Waals surface area contributed by atoms with Crippen LogP contribution in [-0.4, -0.2) is 20.1 Å². The van der Waals surface area contributed by atoms with Gasteiger partial charge in [0.05, 0.1) is 19.8 Å². The molecule has 22 heavy (non-hydrogen) atoms. The lowest BCUT2D eigenvalue weighted by Crippen LogP contribution is -2.14. The van der Waals surface area contributed by atoms with Gasteiger partial charge in [0.15, 0.2) is 11.5 Å². The molecule has 3 N–H and O–H groups in total. The molecule has 0 aliphatic heterocycles. The number of nitrogens with one attached hydrogen (secondary N) is 1. The van der Waals surface area contributed by atoms with E-state index in [-0.39, 0.29) is 11.9 Å². The largest absolute Gasteiger partial charge is 0.493 e.